The normalized spacial score (nSPS) is 17.2. The van der Waals surface area contributed by atoms with Gasteiger partial charge in [0.05, 0.1) is 5.71 Å². The van der Waals surface area contributed by atoms with Crippen LogP contribution >= 0.6 is 15.9 Å². The number of oxime groups is 1. The van der Waals surface area contributed by atoms with Gasteiger partial charge in [-0.05, 0) is 12.1 Å². The van der Waals surface area contributed by atoms with Crippen molar-refractivity contribution >= 4 is 21.6 Å². The van der Waals surface area contributed by atoms with Crippen molar-refractivity contribution in [3.05, 3.63) is 34.1 Å². The molecule has 0 spiro atoms. The lowest BCUT2D eigenvalue weighted by atomic mass is 10.1. The highest BCUT2D eigenvalue weighted by Gasteiger charge is 2.16. The minimum Gasteiger partial charge on any atom is -0.411 e. The standard InChI is InChI=1S/C12H14BrFN2O/c13-10-2-1-9(12(14)7-10)8-16-5-3-11(15-17)4-6-16/h1-2,7,17H,3-6,8H2. The molecule has 0 radical (unpaired) electrons. The Hall–Kier alpha value is -0.940. The molecule has 1 saturated heterocycles. The number of hydrogen-bond donors (Lipinski definition) is 1. The molecule has 1 aromatic carbocycles. The molecule has 0 amide bonds. The lowest BCUT2D eigenvalue weighted by Crippen LogP contribution is -2.33. The predicted octanol–water partition coefficient (Wildman–Crippen LogP) is 3.01. The molecular formula is C12H14BrFN2O. The Morgan fingerprint density at radius 3 is 2.65 bits per heavy atom. The minimum atomic E-state index is -0.180. The minimum absolute atomic E-state index is 0.180. The van der Waals surface area contributed by atoms with Crippen molar-refractivity contribution < 1.29 is 9.60 Å². The number of rotatable bonds is 2. The van der Waals surface area contributed by atoms with Crippen molar-refractivity contribution in [1.29, 1.82) is 0 Å². The van der Waals surface area contributed by atoms with E-state index >= 15 is 0 Å². The lowest BCUT2D eigenvalue weighted by molar-refractivity contribution is 0.253. The maximum Gasteiger partial charge on any atom is 0.128 e. The average Bonchev–Trinajstić information content (AvgIpc) is 2.34. The van der Waals surface area contributed by atoms with Crippen LogP contribution in [0.1, 0.15) is 18.4 Å². The van der Waals surface area contributed by atoms with E-state index in [9.17, 15) is 4.39 Å². The molecule has 0 atom stereocenters. The van der Waals surface area contributed by atoms with Crippen molar-refractivity contribution in [2.45, 2.75) is 19.4 Å². The summed E-state index contributed by atoms with van der Waals surface area (Å²) in [7, 11) is 0. The van der Waals surface area contributed by atoms with Crippen LogP contribution < -0.4 is 0 Å². The van der Waals surface area contributed by atoms with Gasteiger partial charge in [0.15, 0.2) is 0 Å². The highest BCUT2D eigenvalue weighted by Crippen LogP contribution is 2.18. The third kappa shape index (κ3) is 3.26. The van der Waals surface area contributed by atoms with Crippen LogP contribution in [-0.4, -0.2) is 28.9 Å². The van der Waals surface area contributed by atoms with Crippen LogP contribution in [0.3, 0.4) is 0 Å². The molecule has 92 valence electrons. The molecule has 1 aliphatic heterocycles. The van der Waals surface area contributed by atoms with E-state index in [0.717, 1.165) is 36.1 Å². The second kappa shape index (κ2) is 5.60. The van der Waals surface area contributed by atoms with Gasteiger partial charge in [0.1, 0.15) is 5.82 Å². The molecule has 1 aliphatic rings. The zero-order valence-electron chi connectivity index (χ0n) is 9.37. The fourth-order valence-electron chi connectivity index (χ4n) is 1.96. The quantitative estimate of drug-likeness (QED) is 0.673. The van der Waals surface area contributed by atoms with E-state index in [4.69, 9.17) is 5.21 Å². The first kappa shape index (κ1) is 12.5. The van der Waals surface area contributed by atoms with E-state index in [1.165, 1.54) is 6.07 Å². The number of hydrogen-bond acceptors (Lipinski definition) is 3. The summed E-state index contributed by atoms with van der Waals surface area (Å²) < 4.78 is 14.4. The van der Waals surface area contributed by atoms with Gasteiger partial charge in [-0.25, -0.2) is 4.39 Å². The zero-order valence-corrected chi connectivity index (χ0v) is 11.0. The van der Waals surface area contributed by atoms with Gasteiger partial charge in [0, 0.05) is 42.5 Å². The van der Waals surface area contributed by atoms with Crippen molar-refractivity contribution in [2.75, 3.05) is 13.1 Å². The van der Waals surface area contributed by atoms with E-state index in [1.807, 2.05) is 6.07 Å². The SMILES string of the molecule is ON=C1CCN(Cc2ccc(Br)cc2F)CC1. The van der Waals surface area contributed by atoms with E-state index in [1.54, 1.807) is 6.07 Å². The van der Waals surface area contributed by atoms with Crippen molar-refractivity contribution in [2.24, 2.45) is 5.16 Å². The van der Waals surface area contributed by atoms with Crippen LogP contribution in [0.4, 0.5) is 4.39 Å². The second-order valence-corrected chi connectivity index (χ2v) is 5.09. The fourth-order valence-corrected chi connectivity index (χ4v) is 2.29. The van der Waals surface area contributed by atoms with Gasteiger partial charge in [-0.3, -0.25) is 4.90 Å². The average molecular weight is 301 g/mol. The topological polar surface area (TPSA) is 35.8 Å². The van der Waals surface area contributed by atoms with E-state index in [0.29, 0.717) is 12.1 Å². The third-order valence-corrected chi connectivity index (χ3v) is 3.48. The Kier molecular flexibility index (Phi) is 4.12. The summed E-state index contributed by atoms with van der Waals surface area (Å²) in [5.74, 6) is -0.180. The van der Waals surface area contributed by atoms with E-state index in [2.05, 4.69) is 26.0 Å². The summed E-state index contributed by atoms with van der Waals surface area (Å²) in [5, 5.41) is 11.9. The molecule has 0 aliphatic carbocycles. The van der Waals surface area contributed by atoms with Crippen LogP contribution in [0.25, 0.3) is 0 Å². The molecule has 0 unspecified atom stereocenters. The number of nitrogens with zero attached hydrogens (tertiary/aromatic N) is 2. The first-order chi connectivity index (χ1) is 8.19. The van der Waals surface area contributed by atoms with Crippen molar-refractivity contribution in [1.82, 2.24) is 4.90 Å². The summed E-state index contributed by atoms with van der Waals surface area (Å²) >= 11 is 3.24. The Morgan fingerprint density at radius 1 is 1.35 bits per heavy atom. The zero-order chi connectivity index (χ0) is 12.3. The summed E-state index contributed by atoms with van der Waals surface area (Å²) in [6.07, 6.45) is 1.52. The smallest absolute Gasteiger partial charge is 0.128 e. The van der Waals surface area contributed by atoms with Gasteiger partial charge in [-0.2, -0.15) is 0 Å². The van der Waals surface area contributed by atoms with Crippen molar-refractivity contribution in [3.63, 3.8) is 0 Å². The molecule has 1 heterocycles. The largest absolute Gasteiger partial charge is 0.411 e. The highest BCUT2D eigenvalue weighted by molar-refractivity contribution is 9.10. The monoisotopic (exact) mass is 300 g/mol. The molecule has 17 heavy (non-hydrogen) atoms. The Morgan fingerprint density at radius 2 is 2.06 bits per heavy atom. The maximum absolute atomic E-state index is 13.6. The van der Waals surface area contributed by atoms with Gasteiger partial charge in [0.25, 0.3) is 0 Å². The molecule has 5 heteroatoms. The van der Waals surface area contributed by atoms with Gasteiger partial charge in [-0.1, -0.05) is 27.2 Å². The first-order valence-electron chi connectivity index (χ1n) is 5.55. The Labute approximate surface area is 108 Å². The van der Waals surface area contributed by atoms with Crippen LogP contribution in [0.15, 0.2) is 27.8 Å². The molecule has 1 aromatic rings. The molecule has 0 bridgehead atoms. The van der Waals surface area contributed by atoms with Gasteiger partial charge < -0.3 is 5.21 Å². The second-order valence-electron chi connectivity index (χ2n) is 4.18. The first-order valence-corrected chi connectivity index (χ1v) is 6.34. The number of halogens is 2. The fraction of sp³-hybridized carbons (Fsp3) is 0.417. The third-order valence-electron chi connectivity index (χ3n) is 2.98. The summed E-state index contributed by atoms with van der Waals surface area (Å²) in [4.78, 5) is 2.17. The van der Waals surface area contributed by atoms with Crippen LogP contribution in [0, 0.1) is 5.82 Å². The van der Waals surface area contributed by atoms with Gasteiger partial charge >= 0.3 is 0 Å². The van der Waals surface area contributed by atoms with Crippen LogP contribution in [-0.2, 0) is 6.54 Å². The lowest BCUT2D eigenvalue weighted by Gasteiger charge is -2.27. The number of benzene rings is 1. The summed E-state index contributed by atoms with van der Waals surface area (Å²) in [5.41, 5.74) is 1.54. The predicted molar refractivity (Wildman–Crippen MR) is 67.8 cm³/mol. The van der Waals surface area contributed by atoms with Crippen LogP contribution in [0.5, 0.6) is 0 Å². The molecule has 3 nitrogen and oxygen atoms in total. The molecule has 1 fully saturated rings. The van der Waals surface area contributed by atoms with Gasteiger partial charge in [-0.15, -0.1) is 0 Å². The Bertz CT molecular complexity index is 427. The summed E-state index contributed by atoms with van der Waals surface area (Å²) in [6.45, 7) is 2.24. The van der Waals surface area contributed by atoms with Crippen molar-refractivity contribution in [3.8, 4) is 0 Å². The molecule has 1 N–H and O–H groups in total. The number of likely N-dealkylation sites (tertiary alicyclic amines) is 1. The Balaban J connectivity index is 1.98. The molecule has 0 aromatic heterocycles. The highest BCUT2D eigenvalue weighted by atomic mass is 79.9. The summed E-state index contributed by atoms with van der Waals surface area (Å²) in [6, 6.07) is 5.14. The van der Waals surface area contributed by atoms with E-state index < -0.39 is 0 Å². The molecule has 2 rings (SSSR count). The molecule has 0 saturated carbocycles. The molecular weight excluding hydrogens is 287 g/mol. The van der Waals surface area contributed by atoms with Gasteiger partial charge in [0.2, 0.25) is 0 Å². The number of piperidine rings is 1. The van der Waals surface area contributed by atoms with E-state index in [-0.39, 0.29) is 5.82 Å². The van der Waals surface area contributed by atoms with Crippen LogP contribution in [0.2, 0.25) is 0 Å². The maximum atomic E-state index is 13.6.